The summed E-state index contributed by atoms with van der Waals surface area (Å²) in [6.45, 7) is 2.02. The van der Waals surface area contributed by atoms with E-state index in [2.05, 4.69) is 0 Å². The quantitative estimate of drug-likeness (QED) is 0.690. The Morgan fingerprint density at radius 2 is 2.23 bits per heavy atom. The molecule has 1 aromatic carbocycles. The Morgan fingerprint density at radius 3 is 2.77 bits per heavy atom. The maximum absolute atomic E-state index is 10.5. The highest BCUT2D eigenvalue weighted by Gasteiger charge is 2.04. The Balaban J connectivity index is 2.96. The number of carbonyl (C=O) groups is 1. The lowest BCUT2D eigenvalue weighted by Gasteiger charge is -2.04. The largest absolute Gasteiger partial charge is 0.481 e. The van der Waals surface area contributed by atoms with E-state index in [-0.39, 0.29) is 6.42 Å². The lowest BCUT2D eigenvalue weighted by Crippen LogP contribution is -2.04. The number of carboxylic acids is 1. The number of hydrogen-bond donors (Lipinski definition) is 2. The van der Waals surface area contributed by atoms with Gasteiger partial charge in [0, 0.05) is 5.69 Å². The fraction of sp³-hybridized carbons (Fsp3) is 0.300. The van der Waals surface area contributed by atoms with Gasteiger partial charge in [-0.2, -0.15) is 0 Å². The van der Waals surface area contributed by atoms with Gasteiger partial charge in [0.1, 0.15) is 0 Å². The lowest BCUT2D eigenvalue weighted by molar-refractivity contribution is -0.136. The predicted molar refractivity (Wildman–Crippen MR) is 51.6 cm³/mol. The molecule has 0 atom stereocenters. The number of aryl methyl sites for hydroxylation is 1. The average molecular weight is 179 g/mol. The Kier molecular flexibility index (Phi) is 2.90. The smallest absolute Gasteiger partial charge is 0.307 e. The van der Waals surface area contributed by atoms with Crippen LogP contribution in [0.4, 0.5) is 5.69 Å². The zero-order valence-corrected chi connectivity index (χ0v) is 7.58. The van der Waals surface area contributed by atoms with Gasteiger partial charge in [-0.05, 0) is 23.6 Å². The lowest BCUT2D eigenvalue weighted by atomic mass is 10.0. The molecule has 0 bridgehead atoms. The van der Waals surface area contributed by atoms with Crippen LogP contribution in [0.3, 0.4) is 0 Å². The van der Waals surface area contributed by atoms with Crippen LogP contribution in [0, 0.1) is 0 Å². The van der Waals surface area contributed by atoms with E-state index in [1.165, 1.54) is 0 Å². The van der Waals surface area contributed by atoms with E-state index in [0.717, 1.165) is 12.0 Å². The van der Waals surface area contributed by atoms with Gasteiger partial charge in [-0.1, -0.05) is 19.1 Å². The maximum Gasteiger partial charge on any atom is 0.307 e. The van der Waals surface area contributed by atoms with Crippen molar-refractivity contribution in [2.24, 2.45) is 0 Å². The average Bonchev–Trinajstić information content (AvgIpc) is 2.08. The van der Waals surface area contributed by atoms with Crippen LogP contribution in [-0.4, -0.2) is 11.1 Å². The van der Waals surface area contributed by atoms with Crippen LogP contribution in [0.2, 0.25) is 0 Å². The summed E-state index contributed by atoms with van der Waals surface area (Å²) in [5.41, 5.74) is 8.00. The molecule has 0 heterocycles. The third-order valence-electron chi connectivity index (χ3n) is 1.96. The minimum Gasteiger partial charge on any atom is -0.481 e. The van der Waals surface area contributed by atoms with Crippen LogP contribution >= 0.6 is 0 Å². The van der Waals surface area contributed by atoms with Crippen LogP contribution in [0.15, 0.2) is 18.2 Å². The fourth-order valence-electron chi connectivity index (χ4n) is 1.20. The van der Waals surface area contributed by atoms with Crippen molar-refractivity contribution in [2.75, 3.05) is 5.73 Å². The van der Waals surface area contributed by atoms with Crippen molar-refractivity contribution in [3.63, 3.8) is 0 Å². The highest BCUT2D eigenvalue weighted by Crippen LogP contribution is 2.15. The molecule has 3 nitrogen and oxygen atoms in total. The van der Waals surface area contributed by atoms with E-state index in [0.29, 0.717) is 11.3 Å². The number of anilines is 1. The predicted octanol–water partition coefficient (Wildman–Crippen LogP) is 1.46. The Bertz CT molecular complexity index is 321. The highest BCUT2D eigenvalue weighted by molar-refractivity contribution is 5.73. The number of aliphatic carboxylic acids is 1. The van der Waals surface area contributed by atoms with E-state index in [4.69, 9.17) is 10.8 Å². The first kappa shape index (κ1) is 9.58. The monoisotopic (exact) mass is 179 g/mol. The number of hydrogen-bond acceptors (Lipinski definition) is 2. The zero-order chi connectivity index (χ0) is 9.84. The maximum atomic E-state index is 10.5. The SMILES string of the molecule is CCc1ccc(N)c(CC(=O)O)c1. The molecule has 0 amide bonds. The van der Waals surface area contributed by atoms with Crippen LogP contribution < -0.4 is 5.73 Å². The van der Waals surface area contributed by atoms with Crippen molar-refractivity contribution >= 4 is 11.7 Å². The Hall–Kier alpha value is -1.51. The number of rotatable bonds is 3. The molecular weight excluding hydrogens is 166 g/mol. The molecule has 0 aliphatic rings. The van der Waals surface area contributed by atoms with Crippen LogP contribution in [0.25, 0.3) is 0 Å². The van der Waals surface area contributed by atoms with Crippen LogP contribution in [0.5, 0.6) is 0 Å². The molecule has 70 valence electrons. The molecule has 0 saturated carbocycles. The van der Waals surface area contributed by atoms with Gasteiger partial charge in [-0.25, -0.2) is 0 Å². The Morgan fingerprint density at radius 1 is 1.54 bits per heavy atom. The molecule has 0 saturated heterocycles. The van der Waals surface area contributed by atoms with E-state index in [9.17, 15) is 4.79 Å². The van der Waals surface area contributed by atoms with Gasteiger partial charge in [0.25, 0.3) is 0 Å². The molecule has 0 aliphatic carbocycles. The number of carboxylic acid groups (broad SMARTS) is 1. The van der Waals surface area contributed by atoms with Crippen molar-refractivity contribution in [1.82, 2.24) is 0 Å². The van der Waals surface area contributed by atoms with Crippen molar-refractivity contribution in [2.45, 2.75) is 19.8 Å². The normalized spacial score (nSPS) is 9.92. The minimum absolute atomic E-state index is 0.000324. The molecule has 3 N–H and O–H groups in total. The zero-order valence-electron chi connectivity index (χ0n) is 7.58. The molecule has 0 aliphatic heterocycles. The van der Waals surface area contributed by atoms with Crippen molar-refractivity contribution < 1.29 is 9.90 Å². The molecule has 1 rings (SSSR count). The number of benzene rings is 1. The van der Waals surface area contributed by atoms with Gasteiger partial charge < -0.3 is 10.8 Å². The van der Waals surface area contributed by atoms with E-state index in [1.807, 2.05) is 19.1 Å². The second-order valence-electron chi connectivity index (χ2n) is 2.96. The van der Waals surface area contributed by atoms with Gasteiger partial charge in [0.15, 0.2) is 0 Å². The van der Waals surface area contributed by atoms with Crippen molar-refractivity contribution in [3.8, 4) is 0 Å². The van der Waals surface area contributed by atoms with Gasteiger partial charge in [-0.15, -0.1) is 0 Å². The summed E-state index contributed by atoms with van der Waals surface area (Å²) in [4.78, 5) is 10.5. The van der Waals surface area contributed by atoms with E-state index < -0.39 is 5.97 Å². The Labute approximate surface area is 77.2 Å². The van der Waals surface area contributed by atoms with Gasteiger partial charge in [0.2, 0.25) is 0 Å². The first-order valence-electron chi connectivity index (χ1n) is 4.22. The van der Waals surface area contributed by atoms with Crippen molar-refractivity contribution in [1.29, 1.82) is 0 Å². The molecule has 0 fully saturated rings. The second kappa shape index (κ2) is 3.94. The summed E-state index contributed by atoms with van der Waals surface area (Å²) in [7, 11) is 0. The standard InChI is InChI=1S/C10H13NO2/c1-2-7-3-4-9(11)8(5-7)6-10(12)13/h3-5H,2,6,11H2,1H3,(H,12,13). The summed E-state index contributed by atoms with van der Waals surface area (Å²) in [5.74, 6) is -0.847. The molecule has 3 heteroatoms. The number of nitrogens with two attached hydrogens (primary N) is 1. The summed E-state index contributed by atoms with van der Waals surface area (Å²) in [5, 5.41) is 8.60. The molecule has 0 radical (unpaired) electrons. The van der Waals surface area contributed by atoms with Crippen molar-refractivity contribution in [3.05, 3.63) is 29.3 Å². The molecule has 1 aromatic rings. The molecular formula is C10H13NO2. The minimum atomic E-state index is -0.847. The first-order valence-corrected chi connectivity index (χ1v) is 4.22. The molecule has 13 heavy (non-hydrogen) atoms. The highest BCUT2D eigenvalue weighted by atomic mass is 16.4. The summed E-state index contributed by atoms with van der Waals surface area (Å²) >= 11 is 0. The number of nitrogen functional groups attached to an aromatic ring is 1. The van der Waals surface area contributed by atoms with Crippen LogP contribution in [-0.2, 0) is 17.6 Å². The summed E-state index contributed by atoms with van der Waals surface area (Å²) in [6, 6.07) is 5.53. The third-order valence-corrected chi connectivity index (χ3v) is 1.96. The summed E-state index contributed by atoms with van der Waals surface area (Å²) < 4.78 is 0. The molecule has 0 aromatic heterocycles. The van der Waals surface area contributed by atoms with E-state index in [1.54, 1.807) is 6.07 Å². The van der Waals surface area contributed by atoms with Gasteiger partial charge in [-0.3, -0.25) is 4.79 Å². The second-order valence-corrected chi connectivity index (χ2v) is 2.96. The van der Waals surface area contributed by atoms with E-state index >= 15 is 0 Å². The summed E-state index contributed by atoms with van der Waals surface area (Å²) in [6.07, 6.45) is 0.895. The van der Waals surface area contributed by atoms with Gasteiger partial charge in [0.05, 0.1) is 6.42 Å². The van der Waals surface area contributed by atoms with Gasteiger partial charge >= 0.3 is 5.97 Å². The topological polar surface area (TPSA) is 63.3 Å². The molecule has 0 unspecified atom stereocenters. The molecule has 0 spiro atoms. The third kappa shape index (κ3) is 2.47. The van der Waals surface area contributed by atoms with Crippen LogP contribution in [0.1, 0.15) is 18.1 Å². The fourth-order valence-corrected chi connectivity index (χ4v) is 1.20. The first-order chi connectivity index (χ1) is 6.13.